The average Bonchev–Trinajstić information content (AvgIpc) is 3.07. The second kappa shape index (κ2) is 15.0. The SMILES string of the molecule is NC(=O)c1ccc2ccccc2n1.O=C(NCc1ccc(Cl)cc1)c1c[nH]c2c(F)cc(S(=O)(=O)NCc3cccc(I)c3)cc2c1=O. The van der Waals surface area contributed by atoms with E-state index in [1.807, 2.05) is 42.5 Å². The van der Waals surface area contributed by atoms with Crippen LogP contribution in [-0.2, 0) is 23.1 Å². The molecule has 4 aromatic carbocycles. The molecule has 6 rings (SSSR count). The molecule has 14 heteroatoms. The van der Waals surface area contributed by atoms with Crippen LogP contribution >= 0.6 is 34.2 Å². The number of carbonyl (C=O) groups is 2. The number of hydrogen-bond donors (Lipinski definition) is 4. The predicted octanol–water partition coefficient (Wildman–Crippen LogP) is 5.67. The molecule has 0 spiro atoms. The number of aromatic amines is 1. The molecule has 0 fully saturated rings. The van der Waals surface area contributed by atoms with Crippen molar-refractivity contribution in [2.75, 3.05) is 0 Å². The number of halogens is 3. The summed E-state index contributed by atoms with van der Waals surface area (Å²) in [6.07, 6.45) is 1.11. The Labute approximate surface area is 292 Å². The lowest BCUT2D eigenvalue weighted by Crippen LogP contribution is -2.29. The van der Waals surface area contributed by atoms with Crippen LogP contribution in [0.3, 0.4) is 0 Å². The number of nitrogens with two attached hydrogens (primary N) is 1. The quantitative estimate of drug-likeness (QED) is 0.145. The molecule has 10 nitrogen and oxygen atoms in total. The Morgan fingerprint density at radius 3 is 2.40 bits per heavy atom. The van der Waals surface area contributed by atoms with Gasteiger partial charge >= 0.3 is 0 Å². The Kier molecular flexibility index (Phi) is 10.8. The summed E-state index contributed by atoms with van der Waals surface area (Å²) in [5.41, 5.74) is 6.43. The Balaban J connectivity index is 0.000000288. The minimum Gasteiger partial charge on any atom is -0.364 e. The highest BCUT2D eigenvalue weighted by molar-refractivity contribution is 14.1. The summed E-state index contributed by atoms with van der Waals surface area (Å²) in [4.78, 5) is 42.7. The number of hydrogen-bond acceptors (Lipinski definition) is 6. The Morgan fingerprint density at radius 2 is 1.67 bits per heavy atom. The zero-order valence-corrected chi connectivity index (χ0v) is 28.6. The van der Waals surface area contributed by atoms with E-state index in [0.717, 1.165) is 43.9 Å². The fraction of sp³-hybridized carbons (Fsp3) is 0.0588. The van der Waals surface area contributed by atoms with Gasteiger partial charge in [-0.25, -0.2) is 22.5 Å². The van der Waals surface area contributed by atoms with Crippen LogP contribution in [0, 0.1) is 9.39 Å². The molecule has 0 bridgehead atoms. The van der Waals surface area contributed by atoms with E-state index in [0.29, 0.717) is 10.7 Å². The molecule has 0 radical (unpaired) electrons. The average molecular weight is 798 g/mol. The summed E-state index contributed by atoms with van der Waals surface area (Å²) in [6.45, 7) is 0.126. The second-order valence-electron chi connectivity index (χ2n) is 10.4. The number of fused-ring (bicyclic) bond motifs is 2. The monoisotopic (exact) mass is 797 g/mol. The van der Waals surface area contributed by atoms with Crippen molar-refractivity contribution in [1.29, 1.82) is 0 Å². The highest BCUT2D eigenvalue weighted by Gasteiger charge is 2.21. The van der Waals surface area contributed by atoms with Gasteiger partial charge in [0.25, 0.3) is 11.8 Å². The van der Waals surface area contributed by atoms with Crippen molar-refractivity contribution in [2.24, 2.45) is 5.73 Å². The number of H-pyrrole nitrogens is 1. The molecule has 5 N–H and O–H groups in total. The number of benzene rings is 4. The summed E-state index contributed by atoms with van der Waals surface area (Å²) in [6, 6.07) is 27.0. The summed E-state index contributed by atoms with van der Waals surface area (Å²) >= 11 is 7.96. The van der Waals surface area contributed by atoms with E-state index in [2.05, 4.69) is 42.6 Å². The number of nitrogens with zero attached hydrogens (tertiary/aromatic N) is 1. The van der Waals surface area contributed by atoms with Crippen LogP contribution in [0.2, 0.25) is 5.02 Å². The summed E-state index contributed by atoms with van der Waals surface area (Å²) < 4.78 is 43.7. The van der Waals surface area contributed by atoms with Gasteiger partial charge in [-0.1, -0.05) is 60.1 Å². The van der Waals surface area contributed by atoms with Gasteiger partial charge in [-0.3, -0.25) is 14.4 Å². The largest absolute Gasteiger partial charge is 0.364 e. The van der Waals surface area contributed by atoms with E-state index >= 15 is 0 Å². The van der Waals surface area contributed by atoms with Crippen molar-refractivity contribution in [1.82, 2.24) is 20.0 Å². The summed E-state index contributed by atoms with van der Waals surface area (Å²) in [7, 11) is -4.14. The highest BCUT2D eigenvalue weighted by atomic mass is 127. The first kappa shape index (κ1) is 34.6. The normalized spacial score (nSPS) is 11.1. The van der Waals surface area contributed by atoms with Gasteiger partial charge in [-0.05, 0) is 82.2 Å². The molecular weight excluding hydrogens is 772 g/mol. The molecule has 244 valence electrons. The van der Waals surface area contributed by atoms with Crippen LogP contribution < -0.4 is 21.2 Å². The fourth-order valence-electron chi connectivity index (χ4n) is 4.58. The molecule has 0 saturated carbocycles. The van der Waals surface area contributed by atoms with Gasteiger partial charge in [-0.15, -0.1) is 0 Å². The molecule has 0 aliphatic heterocycles. The maximum Gasteiger partial charge on any atom is 0.267 e. The molecule has 2 heterocycles. The molecule has 0 atom stereocenters. The Hall–Kier alpha value is -4.70. The van der Waals surface area contributed by atoms with E-state index in [1.54, 1.807) is 42.5 Å². The first-order valence-corrected chi connectivity index (χ1v) is 17.1. The van der Waals surface area contributed by atoms with Crippen molar-refractivity contribution in [3.8, 4) is 0 Å². The first-order valence-electron chi connectivity index (χ1n) is 14.2. The number of primary amides is 1. The third-order valence-electron chi connectivity index (χ3n) is 7.04. The number of carbonyl (C=O) groups excluding carboxylic acids is 2. The van der Waals surface area contributed by atoms with Crippen LogP contribution in [-0.4, -0.2) is 30.2 Å². The van der Waals surface area contributed by atoms with E-state index in [1.165, 1.54) is 0 Å². The van der Waals surface area contributed by atoms with Crippen molar-refractivity contribution in [3.63, 3.8) is 0 Å². The zero-order valence-electron chi connectivity index (χ0n) is 24.8. The van der Waals surface area contributed by atoms with E-state index in [-0.39, 0.29) is 29.6 Å². The third kappa shape index (κ3) is 8.41. The van der Waals surface area contributed by atoms with E-state index in [9.17, 15) is 27.2 Å². The number of sulfonamides is 1. The van der Waals surface area contributed by atoms with Crippen molar-refractivity contribution in [3.05, 3.63) is 150 Å². The lowest BCUT2D eigenvalue weighted by molar-refractivity contribution is 0.0948. The lowest BCUT2D eigenvalue weighted by atomic mass is 10.1. The predicted molar refractivity (Wildman–Crippen MR) is 191 cm³/mol. The highest BCUT2D eigenvalue weighted by Crippen LogP contribution is 2.20. The Bertz CT molecular complexity index is 2340. The minimum atomic E-state index is -4.14. The molecule has 2 aromatic heterocycles. The number of aromatic nitrogens is 2. The van der Waals surface area contributed by atoms with Crippen molar-refractivity contribution >= 4 is 77.8 Å². The number of pyridine rings is 2. The number of nitrogens with one attached hydrogen (secondary N) is 3. The summed E-state index contributed by atoms with van der Waals surface area (Å²) in [5.74, 6) is -2.11. The number of amides is 2. The van der Waals surface area contributed by atoms with Gasteiger partial charge in [-0.2, -0.15) is 0 Å². The van der Waals surface area contributed by atoms with Crippen LogP contribution in [0.5, 0.6) is 0 Å². The van der Waals surface area contributed by atoms with Gasteiger partial charge in [0, 0.05) is 33.3 Å². The van der Waals surface area contributed by atoms with Crippen LogP contribution in [0.15, 0.2) is 113 Å². The minimum absolute atomic E-state index is 0.0116. The molecular formula is C34H26ClFIN5O5S. The lowest BCUT2D eigenvalue weighted by Gasteiger charge is -2.10. The van der Waals surface area contributed by atoms with Crippen LogP contribution in [0.4, 0.5) is 4.39 Å². The zero-order chi connectivity index (χ0) is 34.4. The van der Waals surface area contributed by atoms with E-state index in [4.69, 9.17) is 17.3 Å². The van der Waals surface area contributed by atoms with Crippen LogP contribution in [0.1, 0.15) is 32.0 Å². The second-order valence-corrected chi connectivity index (χ2v) is 13.8. The molecule has 48 heavy (non-hydrogen) atoms. The number of para-hydroxylation sites is 1. The van der Waals surface area contributed by atoms with Crippen molar-refractivity contribution in [2.45, 2.75) is 18.0 Å². The fourth-order valence-corrected chi connectivity index (χ4v) is 6.37. The molecule has 0 aliphatic carbocycles. The van der Waals surface area contributed by atoms with E-state index < -0.39 is 38.0 Å². The maximum absolute atomic E-state index is 14.7. The first-order chi connectivity index (χ1) is 22.9. The number of rotatable bonds is 8. The third-order valence-corrected chi connectivity index (χ3v) is 9.34. The molecule has 6 aromatic rings. The molecule has 0 saturated heterocycles. The molecule has 0 aliphatic rings. The van der Waals surface area contributed by atoms with Gasteiger partial charge in [0.15, 0.2) is 0 Å². The van der Waals surface area contributed by atoms with Crippen molar-refractivity contribution < 1.29 is 22.4 Å². The molecule has 0 unspecified atom stereocenters. The van der Waals surface area contributed by atoms with Gasteiger partial charge in [0.05, 0.1) is 21.3 Å². The standard InChI is InChI=1S/C24H18ClFIN3O4S.C10H8N2O/c25-16-6-4-14(5-7-16)11-29-24(32)20-13-28-22-19(23(20)31)9-18(10-21(22)26)35(33,34)30-12-15-2-1-3-17(27)8-15;11-10(13)9-6-5-7-3-1-2-4-8(7)12-9/h1-10,13,30H,11-12H2,(H,28,31)(H,29,32);1-6H,(H2,11,13). The smallest absolute Gasteiger partial charge is 0.267 e. The Morgan fingerprint density at radius 1 is 0.917 bits per heavy atom. The van der Waals surface area contributed by atoms with Gasteiger partial charge in [0.1, 0.15) is 17.1 Å². The molecule has 2 amide bonds. The van der Waals surface area contributed by atoms with Gasteiger partial charge < -0.3 is 16.0 Å². The summed E-state index contributed by atoms with van der Waals surface area (Å²) in [5, 5.41) is 3.92. The van der Waals surface area contributed by atoms with Crippen LogP contribution in [0.25, 0.3) is 21.8 Å². The maximum atomic E-state index is 14.7. The topological polar surface area (TPSA) is 164 Å². The van der Waals surface area contributed by atoms with Gasteiger partial charge in [0.2, 0.25) is 15.5 Å².